The van der Waals surface area contributed by atoms with Gasteiger partial charge in [-0.15, -0.1) is 0 Å². The van der Waals surface area contributed by atoms with Gasteiger partial charge < -0.3 is 16.8 Å². The van der Waals surface area contributed by atoms with Gasteiger partial charge in [-0.05, 0) is 6.04 Å². The van der Waals surface area contributed by atoms with Crippen LogP contribution < -0.4 is 0 Å². The highest BCUT2D eigenvalue weighted by Crippen LogP contribution is 2.03. The summed E-state index contributed by atoms with van der Waals surface area (Å²) in [6, 6.07) is 0.885. The predicted molar refractivity (Wildman–Crippen MR) is 68.9 cm³/mol. The van der Waals surface area contributed by atoms with Crippen LogP contribution in [0.4, 0.5) is 0 Å². The van der Waals surface area contributed by atoms with Crippen molar-refractivity contribution in [1.29, 1.82) is 0 Å². The Balaban J connectivity index is 3.64. The zero-order valence-electron chi connectivity index (χ0n) is 9.65. The average molecular weight is 285 g/mol. The molecule has 0 rings (SSSR count). The summed E-state index contributed by atoms with van der Waals surface area (Å²) in [6.07, 6.45) is 2.14. The zero-order chi connectivity index (χ0) is 11.5. The normalized spacial score (nSPS) is 14.3. The molecule has 0 radical (unpaired) electrons. The van der Waals surface area contributed by atoms with E-state index in [1.54, 1.807) is 0 Å². The third-order valence-electron chi connectivity index (χ3n) is 1.63. The highest BCUT2D eigenvalue weighted by atomic mass is 28.4. The van der Waals surface area contributed by atoms with E-state index >= 15 is 0 Å². The highest BCUT2D eigenvalue weighted by molar-refractivity contribution is 6.54. The van der Waals surface area contributed by atoms with Gasteiger partial charge in [0.15, 0.2) is 0 Å². The van der Waals surface area contributed by atoms with Gasteiger partial charge in [0.25, 0.3) is 26.0 Å². The highest BCUT2D eigenvalue weighted by Gasteiger charge is 2.15. The van der Waals surface area contributed by atoms with Gasteiger partial charge in [-0.3, -0.25) is 4.79 Å². The van der Waals surface area contributed by atoms with Gasteiger partial charge in [0.05, 0.1) is 0 Å². The van der Waals surface area contributed by atoms with Gasteiger partial charge in [-0.1, -0.05) is 19.8 Å². The van der Waals surface area contributed by atoms with Gasteiger partial charge in [0.2, 0.25) is 0 Å². The van der Waals surface area contributed by atoms with E-state index in [2.05, 4.69) is 6.92 Å². The van der Waals surface area contributed by atoms with Crippen molar-refractivity contribution in [3.05, 3.63) is 0 Å². The molecule has 0 saturated carbocycles. The number of hydrogen-bond donors (Lipinski definition) is 0. The number of unbranched alkanes of at least 4 members (excludes halogenated alkanes) is 1. The molecule has 15 heavy (non-hydrogen) atoms. The van der Waals surface area contributed by atoms with E-state index in [-0.39, 0.29) is 5.97 Å². The first kappa shape index (κ1) is 15.2. The number of hydrogen-bond acceptors (Lipinski definition) is 5. The second kappa shape index (κ2) is 10.7. The van der Waals surface area contributed by atoms with Crippen LogP contribution in [0.2, 0.25) is 6.04 Å². The van der Waals surface area contributed by atoms with Crippen LogP contribution in [0.5, 0.6) is 0 Å². The Kier molecular flexibility index (Phi) is 10.9. The van der Waals surface area contributed by atoms with Crippen LogP contribution in [0.3, 0.4) is 0 Å². The predicted octanol–water partition coefficient (Wildman–Crippen LogP) is -2.10. The first-order chi connectivity index (χ1) is 7.20. The molecule has 0 aliphatic heterocycles. The maximum Gasteiger partial charge on any atom is 0.376 e. The van der Waals surface area contributed by atoms with Crippen molar-refractivity contribution in [3.63, 3.8) is 0 Å². The first-order valence-electron chi connectivity index (χ1n) is 5.06. The fourth-order valence-electron chi connectivity index (χ4n) is 0.974. The third kappa shape index (κ3) is 10.5. The molecule has 90 valence electrons. The summed E-state index contributed by atoms with van der Waals surface area (Å²) in [6.45, 7) is 3.53. The molecule has 5 nitrogen and oxygen atoms in total. The van der Waals surface area contributed by atoms with E-state index in [1.807, 2.05) is 0 Å². The first-order valence-corrected chi connectivity index (χ1v) is 9.94. The van der Waals surface area contributed by atoms with Crippen LogP contribution in [0, 0.1) is 0 Å². The maximum absolute atomic E-state index is 10.8. The van der Waals surface area contributed by atoms with Crippen LogP contribution >= 0.6 is 0 Å². The minimum Gasteiger partial charge on any atom is -0.497 e. The van der Waals surface area contributed by atoms with Crippen LogP contribution in [0.25, 0.3) is 0 Å². The average Bonchev–Trinajstić information content (AvgIpc) is 2.19. The van der Waals surface area contributed by atoms with E-state index in [1.165, 1.54) is 6.92 Å². The van der Waals surface area contributed by atoms with Crippen LogP contribution in [0.15, 0.2) is 0 Å². The lowest BCUT2D eigenvalue weighted by atomic mass is 10.4. The Bertz CT molecular complexity index is 170. The molecule has 1 unspecified atom stereocenters. The van der Waals surface area contributed by atoms with E-state index in [0.29, 0.717) is 0 Å². The van der Waals surface area contributed by atoms with Crippen molar-refractivity contribution in [1.82, 2.24) is 0 Å². The molecule has 0 saturated heterocycles. The molecule has 0 aromatic carbocycles. The van der Waals surface area contributed by atoms with Gasteiger partial charge in [-0.2, -0.15) is 0 Å². The van der Waals surface area contributed by atoms with Crippen molar-refractivity contribution in [2.75, 3.05) is 0 Å². The SMILES string of the molecule is CCCC[SiH](O[SiH2]O[SiH2]O[SiH3])OC(C)=O. The monoisotopic (exact) mass is 284 g/mol. The molecule has 0 bridgehead atoms. The lowest BCUT2D eigenvalue weighted by Gasteiger charge is -2.15. The molecule has 0 aliphatic carbocycles. The van der Waals surface area contributed by atoms with E-state index in [0.717, 1.165) is 29.4 Å². The van der Waals surface area contributed by atoms with Crippen LogP contribution in [-0.2, 0) is 21.6 Å². The van der Waals surface area contributed by atoms with Crippen molar-refractivity contribution >= 4 is 45.8 Å². The minimum absolute atomic E-state index is 0.242. The summed E-state index contributed by atoms with van der Waals surface area (Å²) < 4.78 is 21.0. The van der Waals surface area contributed by atoms with Crippen LogP contribution in [-0.4, -0.2) is 45.8 Å². The van der Waals surface area contributed by atoms with Gasteiger partial charge in [0, 0.05) is 6.92 Å². The molecule has 0 heterocycles. The molecule has 9 heteroatoms. The molecule has 1 atom stereocenters. The summed E-state index contributed by atoms with van der Waals surface area (Å²) in [7, 11) is -2.82. The molecule has 0 aliphatic rings. The Labute approximate surface area is 100 Å². The molecular weight excluding hydrogens is 264 g/mol. The Hall–Kier alpha value is 0.218. The fourth-order valence-corrected chi connectivity index (χ4v) is 7.44. The Morgan fingerprint density at radius 3 is 2.73 bits per heavy atom. The number of carbonyl (C=O) groups is 1. The molecule has 0 fully saturated rings. The van der Waals surface area contributed by atoms with Gasteiger partial charge in [0.1, 0.15) is 10.5 Å². The summed E-state index contributed by atoms with van der Waals surface area (Å²) in [4.78, 5) is 10.8. The quantitative estimate of drug-likeness (QED) is 0.359. The minimum atomic E-state index is -1.79. The molecule has 0 aromatic rings. The fraction of sp³-hybridized carbons (Fsp3) is 0.833. The second-order valence-electron chi connectivity index (χ2n) is 3.08. The molecular formula is C6H20O5Si4. The Morgan fingerprint density at radius 1 is 1.47 bits per heavy atom. The van der Waals surface area contributed by atoms with Gasteiger partial charge >= 0.3 is 9.28 Å². The maximum atomic E-state index is 10.8. The van der Waals surface area contributed by atoms with E-state index < -0.39 is 29.3 Å². The summed E-state index contributed by atoms with van der Waals surface area (Å²) in [5, 5.41) is 0. The lowest BCUT2D eigenvalue weighted by molar-refractivity contribution is -0.133. The summed E-state index contributed by atoms with van der Waals surface area (Å²) in [5.41, 5.74) is 0. The number of rotatable bonds is 9. The van der Waals surface area contributed by atoms with E-state index in [4.69, 9.17) is 16.8 Å². The van der Waals surface area contributed by atoms with Crippen LogP contribution in [0.1, 0.15) is 26.7 Å². The summed E-state index contributed by atoms with van der Waals surface area (Å²) >= 11 is 0. The molecule has 0 N–H and O–H groups in total. The number of carbonyl (C=O) groups excluding carboxylic acids is 1. The second-order valence-corrected chi connectivity index (χ2v) is 10.5. The Morgan fingerprint density at radius 2 is 2.20 bits per heavy atom. The molecule has 0 aromatic heterocycles. The van der Waals surface area contributed by atoms with Gasteiger partial charge in [-0.25, -0.2) is 0 Å². The largest absolute Gasteiger partial charge is 0.497 e. The van der Waals surface area contributed by atoms with E-state index in [9.17, 15) is 4.79 Å². The standard InChI is InChI=1S/C6H20O5Si4/c1-3-4-5-15(8-6(2)7)11-14-10-13-9-12/h15H,3-5,13-14H2,1-2,12H3. The van der Waals surface area contributed by atoms with Crippen molar-refractivity contribution in [2.24, 2.45) is 0 Å². The molecule has 0 spiro atoms. The van der Waals surface area contributed by atoms with Crippen molar-refractivity contribution in [2.45, 2.75) is 32.7 Å². The summed E-state index contributed by atoms with van der Waals surface area (Å²) in [5.74, 6) is -0.242. The zero-order valence-corrected chi connectivity index (χ0v) is 15.6. The van der Waals surface area contributed by atoms with Crippen molar-refractivity contribution < 1.29 is 21.6 Å². The topological polar surface area (TPSA) is 54.0 Å². The van der Waals surface area contributed by atoms with Crippen molar-refractivity contribution in [3.8, 4) is 0 Å². The lowest BCUT2D eigenvalue weighted by Crippen LogP contribution is -2.28. The third-order valence-corrected chi connectivity index (χ3v) is 7.41. The smallest absolute Gasteiger partial charge is 0.376 e. The molecule has 0 amide bonds.